The molecule has 0 unspecified atom stereocenters. The minimum Gasteiger partial charge on any atom is -0.346 e. The SMILES string of the molecule is Cc1ccc(-n2cnc(C(=O)NC3CCN(C)CC3)n2)cc1. The molecule has 1 aromatic carbocycles. The highest BCUT2D eigenvalue weighted by molar-refractivity contribution is 5.90. The van der Waals surface area contributed by atoms with Gasteiger partial charge in [0.1, 0.15) is 6.33 Å². The molecular formula is C16H21N5O. The van der Waals surface area contributed by atoms with Crippen LogP contribution in [0.4, 0.5) is 0 Å². The zero-order chi connectivity index (χ0) is 15.5. The number of benzene rings is 1. The molecule has 0 radical (unpaired) electrons. The van der Waals surface area contributed by atoms with Gasteiger partial charge in [-0.1, -0.05) is 17.7 Å². The third kappa shape index (κ3) is 3.33. The van der Waals surface area contributed by atoms with Crippen LogP contribution in [-0.2, 0) is 0 Å². The third-order valence-corrected chi connectivity index (χ3v) is 4.05. The second-order valence-electron chi connectivity index (χ2n) is 5.90. The van der Waals surface area contributed by atoms with Gasteiger partial charge in [-0.3, -0.25) is 4.79 Å². The Bertz CT molecular complexity index is 641. The minimum absolute atomic E-state index is 0.194. The first-order valence-corrected chi connectivity index (χ1v) is 7.60. The molecule has 1 fully saturated rings. The first-order chi connectivity index (χ1) is 10.6. The quantitative estimate of drug-likeness (QED) is 0.930. The number of amides is 1. The molecule has 2 aromatic rings. The summed E-state index contributed by atoms with van der Waals surface area (Å²) < 4.78 is 1.63. The van der Waals surface area contributed by atoms with Crippen molar-refractivity contribution in [1.82, 2.24) is 25.0 Å². The molecule has 22 heavy (non-hydrogen) atoms. The number of hydrogen-bond donors (Lipinski definition) is 1. The van der Waals surface area contributed by atoms with Crippen molar-refractivity contribution in [3.8, 4) is 5.69 Å². The smallest absolute Gasteiger partial charge is 0.291 e. The van der Waals surface area contributed by atoms with Crippen LogP contribution in [0.1, 0.15) is 29.0 Å². The van der Waals surface area contributed by atoms with Crippen LogP contribution in [0.25, 0.3) is 5.69 Å². The summed E-state index contributed by atoms with van der Waals surface area (Å²) >= 11 is 0. The molecule has 1 aliphatic rings. The van der Waals surface area contributed by atoms with E-state index in [1.807, 2.05) is 31.2 Å². The van der Waals surface area contributed by atoms with Gasteiger partial charge < -0.3 is 10.2 Å². The summed E-state index contributed by atoms with van der Waals surface area (Å²) in [7, 11) is 2.10. The zero-order valence-corrected chi connectivity index (χ0v) is 13.0. The highest BCUT2D eigenvalue weighted by atomic mass is 16.2. The third-order valence-electron chi connectivity index (χ3n) is 4.05. The van der Waals surface area contributed by atoms with E-state index in [4.69, 9.17) is 0 Å². The first kappa shape index (κ1) is 14.7. The summed E-state index contributed by atoms with van der Waals surface area (Å²) in [4.78, 5) is 18.6. The largest absolute Gasteiger partial charge is 0.346 e. The molecule has 1 saturated heterocycles. The van der Waals surface area contributed by atoms with Crippen molar-refractivity contribution in [2.75, 3.05) is 20.1 Å². The maximum absolute atomic E-state index is 12.2. The molecule has 2 heterocycles. The Morgan fingerprint density at radius 2 is 1.91 bits per heavy atom. The summed E-state index contributed by atoms with van der Waals surface area (Å²) in [5.41, 5.74) is 2.08. The molecule has 0 aliphatic carbocycles. The normalized spacial score (nSPS) is 16.6. The van der Waals surface area contributed by atoms with E-state index in [-0.39, 0.29) is 17.8 Å². The van der Waals surface area contributed by atoms with E-state index in [1.165, 1.54) is 5.56 Å². The predicted molar refractivity (Wildman–Crippen MR) is 84.1 cm³/mol. The van der Waals surface area contributed by atoms with Crippen molar-refractivity contribution in [2.45, 2.75) is 25.8 Å². The number of nitrogens with zero attached hydrogens (tertiary/aromatic N) is 4. The van der Waals surface area contributed by atoms with Crippen LogP contribution in [0.2, 0.25) is 0 Å². The van der Waals surface area contributed by atoms with E-state index in [1.54, 1.807) is 11.0 Å². The molecule has 1 amide bonds. The monoisotopic (exact) mass is 299 g/mol. The summed E-state index contributed by atoms with van der Waals surface area (Å²) in [5.74, 6) is 0.0277. The van der Waals surface area contributed by atoms with E-state index in [9.17, 15) is 4.79 Å². The van der Waals surface area contributed by atoms with Crippen LogP contribution in [0.5, 0.6) is 0 Å². The molecule has 0 bridgehead atoms. The van der Waals surface area contributed by atoms with Gasteiger partial charge in [0.05, 0.1) is 5.69 Å². The Labute approximate surface area is 130 Å². The maximum atomic E-state index is 12.2. The van der Waals surface area contributed by atoms with E-state index >= 15 is 0 Å². The van der Waals surface area contributed by atoms with Gasteiger partial charge in [0.15, 0.2) is 0 Å². The second-order valence-corrected chi connectivity index (χ2v) is 5.90. The van der Waals surface area contributed by atoms with Gasteiger partial charge in [-0.25, -0.2) is 9.67 Å². The Kier molecular flexibility index (Phi) is 4.20. The van der Waals surface area contributed by atoms with Gasteiger partial charge in [0, 0.05) is 6.04 Å². The highest BCUT2D eigenvalue weighted by Crippen LogP contribution is 2.10. The number of nitrogens with one attached hydrogen (secondary N) is 1. The van der Waals surface area contributed by atoms with Crippen LogP contribution < -0.4 is 5.32 Å². The molecule has 0 atom stereocenters. The topological polar surface area (TPSA) is 63.1 Å². The van der Waals surface area contributed by atoms with Gasteiger partial charge in [-0.2, -0.15) is 0 Å². The van der Waals surface area contributed by atoms with Gasteiger partial charge >= 0.3 is 0 Å². The fraction of sp³-hybridized carbons (Fsp3) is 0.438. The summed E-state index contributed by atoms with van der Waals surface area (Å²) in [6.07, 6.45) is 3.52. The number of carbonyl (C=O) groups excluding carboxylic acids is 1. The van der Waals surface area contributed by atoms with E-state index in [2.05, 4.69) is 27.3 Å². The number of aromatic nitrogens is 3. The lowest BCUT2D eigenvalue weighted by molar-refractivity contribution is 0.0906. The molecule has 116 valence electrons. The maximum Gasteiger partial charge on any atom is 0.291 e. The fourth-order valence-corrected chi connectivity index (χ4v) is 2.59. The Morgan fingerprint density at radius 3 is 2.59 bits per heavy atom. The van der Waals surface area contributed by atoms with Crippen molar-refractivity contribution in [2.24, 2.45) is 0 Å². The first-order valence-electron chi connectivity index (χ1n) is 7.60. The van der Waals surface area contributed by atoms with E-state index in [0.717, 1.165) is 31.6 Å². The van der Waals surface area contributed by atoms with Crippen LogP contribution in [-0.4, -0.2) is 51.8 Å². The lowest BCUT2D eigenvalue weighted by Gasteiger charge is -2.29. The summed E-state index contributed by atoms with van der Waals surface area (Å²) in [5, 5.41) is 7.30. The van der Waals surface area contributed by atoms with Gasteiger partial charge in [0.2, 0.25) is 5.82 Å². The summed E-state index contributed by atoms with van der Waals surface area (Å²) in [6.45, 7) is 4.05. The molecule has 1 aromatic heterocycles. The highest BCUT2D eigenvalue weighted by Gasteiger charge is 2.21. The van der Waals surface area contributed by atoms with Crippen molar-refractivity contribution >= 4 is 5.91 Å². The number of piperidine rings is 1. The van der Waals surface area contributed by atoms with Gasteiger partial charge in [-0.05, 0) is 52.0 Å². The predicted octanol–water partition coefficient (Wildman–Crippen LogP) is 1.40. The van der Waals surface area contributed by atoms with Crippen LogP contribution >= 0.6 is 0 Å². The van der Waals surface area contributed by atoms with Crippen LogP contribution in [0.3, 0.4) is 0 Å². The number of likely N-dealkylation sites (tertiary alicyclic amines) is 1. The Balaban J connectivity index is 1.65. The average molecular weight is 299 g/mol. The molecule has 6 heteroatoms. The lowest BCUT2D eigenvalue weighted by Crippen LogP contribution is -2.43. The van der Waals surface area contributed by atoms with Crippen LogP contribution in [0.15, 0.2) is 30.6 Å². The number of carbonyl (C=O) groups is 1. The van der Waals surface area contributed by atoms with Crippen molar-refractivity contribution < 1.29 is 4.79 Å². The molecule has 3 rings (SSSR count). The van der Waals surface area contributed by atoms with Crippen molar-refractivity contribution in [3.05, 3.63) is 42.0 Å². The van der Waals surface area contributed by atoms with E-state index < -0.39 is 0 Å². The molecule has 1 aliphatic heterocycles. The molecule has 6 nitrogen and oxygen atoms in total. The van der Waals surface area contributed by atoms with Gasteiger partial charge in [0.25, 0.3) is 5.91 Å². The lowest BCUT2D eigenvalue weighted by atomic mass is 10.1. The minimum atomic E-state index is -0.194. The number of hydrogen-bond acceptors (Lipinski definition) is 4. The standard InChI is InChI=1S/C16H21N5O/c1-12-3-5-14(6-4-12)21-11-17-15(19-21)16(22)18-13-7-9-20(2)10-8-13/h3-6,11,13H,7-10H2,1-2H3,(H,18,22). The van der Waals surface area contributed by atoms with Crippen LogP contribution in [0, 0.1) is 6.92 Å². The Morgan fingerprint density at radius 1 is 1.23 bits per heavy atom. The number of aryl methyl sites for hydroxylation is 1. The zero-order valence-electron chi connectivity index (χ0n) is 13.0. The Hall–Kier alpha value is -2.21. The molecule has 0 saturated carbocycles. The molecule has 0 spiro atoms. The summed E-state index contributed by atoms with van der Waals surface area (Å²) in [6, 6.07) is 8.16. The second kappa shape index (κ2) is 6.27. The van der Waals surface area contributed by atoms with E-state index in [0.29, 0.717) is 0 Å². The van der Waals surface area contributed by atoms with Crippen molar-refractivity contribution in [1.29, 1.82) is 0 Å². The fourth-order valence-electron chi connectivity index (χ4n) is 2.59. The van der Waals surface area contributed by atoms with Gasteiger partial charge in [-0.15, -0.1) is 5.10 Å². The van der Waals surface area contributed by atoms with Crippen molar-refractivity contribution in [3.63, 3.8) is 0 Å². The number of rotatable bonds is 3. The molecule has 1 N–H and O–H groups in total. The average Bonchev–Trinajstić information content (AvgIpc) is 3.00. The molecular weight excluding hydrogens is 278 g/mol.